The predicted molar refractivity (Wildman–Crippen MR) is 65.0 cm³/mol. The third-order valence-electron chi connectivity index (χ3n) is 2.40. The van der Waals surface area contributed by atoms with Crippen molar-refractivity contribution >= 4 is 43.6 Å². The van der Waals surface area contributed by atoms with Crippen LogP contribution in [0.25, 0.3) is 0 Å². The molecule has 5 nitrogen and oxygen atoms in total. The Labute approximate surface area is 109 Å². The van der Waals surface area contributed by atoms with E-state index in [1.807, 2.05) is 0 Å². The lowest BCUT2D eigenvalue weighted by molar-refractivity contribution is -0.117. The van der Waals surface area contributed by atoms with E-state index in [-0.39, 0.29) is 18.4 Å². The van der Waals surface area contributed by atoms with Gasteiger partial charge >= 0.3 is 0 Å². The maximum atomic E-state index is 11.7. The molecular weight excluding hydrogens is 342 g/mol. The predicted octanol–water partition coefficient (Wildman–Crippen LogP) is 1.35. The molecule has 2 heterocycles. The smallest absolute Gasteiger partial charge is 0.228 e. The Morgan fingerprint density at radius 2 is 2.31 bits per heavy atom. The Kier molecular flexibility index (Phi) is 3.56. The fraction of sp³-hybridized carbons (Fsp3) is 0.444. The molecule has 1 aromatic heterocycles. The molecule has 0 saturated carbocycles. The monoisotopic (exact) mass is 349 g/mol. The van der Waals surface area contributed by atoms with E-state index in [2.05, 4.69) is 41.8 Å². The number of aromatic nitrogens is 2. The van der Waals surface area contributed by atoms with Crippen LogP contribution >= 0.6 is 31.9 Å². The van der Waals surface area contributed by atoms with E-state index in [0.717, 1.165) is 0 Å². The molecule has 2 rings (SSSR count). The van der Waals surface area contributed by atoms with E-state index in [4.69, 9.17) is 5.11 Å². The van der Waals surface area contributed by atoms with Crippen molar-refractivity contribution in [2.75, 3.05) is 18.1 Å². The number of nitrogens with zero attached hydrogens (tertiary/aromatic N) is 3. The molecule has 1 amide bonds. The summed E-state index contributed by atoms with van der Waals surface area (Å²) in [4.78, 5) is 21.5. The van der Waals surface area contributed by atoms with Gasteiger partial charge in [0.2, 0.25) is 5.91 Å². The molecule has 1 aliphatic heterocycles. The van der Waals surface area contributed by atoms with Gasteiger partial charge in [-0.25, -0.2) is 9.97 Å². The van der Waals surface area contributed by atoms with Gasteiger partial charge in [-0.15, -0.1) is 0 Å². The number of anilines is 1. The lowest BCUT2D eigenvalue weighted by Gasteiger charge is -2.15. The van der Waals surface area contributed by atoms with Crippen molar-refractivity contribution in [2.24, 2.45) is 5.92 Å². The van der Waals surface area contributed by atoms with Gasteiger partial charge in [0.05, 0.1) is 6.20 Å². The van der Waals surface area contributed by atoms with E-state index in [1.165, 1.54) is 0 Å². The zero-order valence-corrected chi connectivity index (χ0v) is 11.4. The maximum Gasteiger partial charge on any atom is 0.228 e. The number of halogens is 2. The van der Waals surface area contributed by atoms with Crippen molar-refractivity contribution in [3.63, 3.8) is 0 Å². The quantitative estimate of drug-likeness (QED) is 0.874. The van der Waals surface area contributed by atoms with Crippen molar-refractivity contribution in [1.29, 1.82) is 0 Å². The first-order chi connectivity index (χ1) is 7.61. The number of hydrogen-bond donors (Lipinski definition) is 1. The molecule has 1 aliphatic rings. The molecule has 1 N–H and O–H groups in total. The zero-order chi connectivity index (χ0) is 11.7. The minimum absolute atomic E-state index is 0.00940. The molecule has 1 atom stereocenters. The normalized spacial score (nSPS) is 20.6. The topological polar surface area (TPSA) is 66.3 Å². The summed E-state index contributed by atoms with van der Waals surface area (Å²) >= 11 is 6.46. The highest BCUT2D eigenvalue weighted by atomic mass is 79.9. The number of hydrogen-bond acceptors (Lipinski definition) is 4. The first kappa shape index (κ1) is 11.9. The minimum atomic E-state index is -0.0311. The van der Waals surface area contributed by atoms with Gasteiger partial charge in [0, 0.05) is 25.5 Å². The van der Waals surface area contributed by atoms with Gasteiger partial charge in [-0.05, 0) is 31.9 Å². The highest BCUT2D eigenvalue weighted by Crippen LogP contribution is 2.28. The van der Waals surface area contributed by atoms with Gasteiger partial charge in [0.25, 0.3) is 0 Å². The number of aliphatic hydroxyl groups excluding tert-OH is 1. The van der Waals surface area contributed by atoms with Crippen LogP contribution in [0.1, 0.15) is 6.42 Å². The average molecular weight is 351 g/mol. The molecule has 1 aromatic rings. The summed E-state index contributed by atoms with van der Waals surface area (Å²) in [5.41, 5.74) is 0. The van der Waals surface area contributed by atoms with Gasteiger partial charge in [0.15, 0.2) is 5.82 Å². The summed E-state index contributed by atoms with van der Waals surface area (Å²) in [5, 5.41) is 9.03. The van der Waals surface area contributed by atoms with Crippen LogP contribution in [0.2, 0.25) is 0 Å². The number of aliphatic hydroxyl groups is 1. The van der Waals surface area contributed by atoms with Gasteiger partial charge in [-0.2, -0.15) is 0 Å². The third kappa shape index (κ3) is 2.26. The summed E-state index contributed by atoms with van der Waals surface area (Å²) in [5.74, 6) is 0.463. The summed E-state index contributed by atoms with van der Waals surface area (Å²) in [7, 11) is 0. The highest BCUT2D eigenvalue weighted by molar-refractivity contribution is 9.11. The van der Waals surface area contributed by atoms with Gasteiger partial charge in [-0.3, -0.25) is 9.69 Å². The van der Waals surface area contributed by atoms with E-state index >= 15 is 0 Å². The first-order valence-corrected chi connectivity index (χ1v) is 6.29. The number of rotatable bonds is 2. The van der Waals surface area contributed by atoms with Crippen LogP contribution in [-0.2, 0) is 4.79 Å². The second-order valence-electron chi connectivity index (χ2n) is 3.56. The van der Waals surface area contributed by atoms with E-state index in [9.17, 15) is 4.79 Å². The van der Waals surface area contributed by atoms with Crippen molar-refractivity contribution in [1.82, 2.24) is 9.97 Å². The maximum absolute atomic E-state index is 11.7. The number of carbonyl (C=O) groups excluding carboxylic acids is 1. The zero-order valence-electron chi connectivity index (χ0n) is 8.23. The summed E-state index contributed by atoms with van der Waals surface area (Å²) in [6, 6.07) is 0. The summed E-state index contributed by atoms with van der Waals surface area (Å²) < 4.78 is 1.13. The van der Waals surface area contributed by atoms with Crippen molar-refractivity contribution in [2.45, 2.75) is 6.42 Å². The Balaban J connectivity index is 2.28. The Hall–Kier alpha value is -0.530. The van der Waals surface area contributed by atoms with Gasteiger partial charge in [0.1, 0.15) is 9.21 Å². The first-order valence-electron chi connectivity index (χ1n) is 4.71. The van der Waals surface area contributed by atoms with Crippen LogP contribution in [0.15, 0.2) is 15.4 Å². The molecule has 1 fully saturated rings. The Morgan fingerprint density at radius 1 is 1.56 bits per heavy atom. The second-order valence-corrected chi connectivity index (χ2v) is 5.13. The van der Waals surface area contributed by atoms with E-state index in [0.29, 0.717) is 28.0 Å². The van der Waals surface area contributed by atoms with Crippen LogP contribution in [0.3, 0.4) is 0 Å². The molecule has 0 aromatic carbocycles. The second kappa shape index (κ2) is 4.77. The number of amides is 1. The average Bonchev–Trinajstić information content (AvgIpc) is 2.60. The SMILES string of the molecule is O=C1CC(CO)CN1c1ncc(Br)nc1Br. The summed E-state index contributed by atoms with van der Waals surface area (Å²) in [6.45, 7) is 0.508. The van der Waals surface area contributed by atoms with Crippen molar-refractivity contribution < 1.29 is 9.90 Å². The van der Waals surface area contributed by atoms with Crippen LogP contribution < -0.4 is 4.90 Å². The molecule has 0 radical (unpaired) electrons. The molecular formula is C9H9Br2N3O2. The highest BCUT2D eigenvalue weighted by Gasteiger charge is 2.32. The molecule has 7 heteroatoms. The third-order valence-corrected chi connectivity index (χ3v) is 3.32. The molecule has 0 spiro atoms. The van der Waals surface area contributed by atoms with E-state index in [1.54, 1.807) is 11.1 Å². The fourth-order valence-corrected chi connectivity index (χ4v) is 2.66. The Morgan fingerprint density at radius 3 is 2.88 bits per heavy atom. The minimum Gasteiger partial charge on any atom is -0.396 e. The Bertz CT molecular complexity index is 427. The standard InChI is InChI=1S/C9H9Br2N3O2/c10-6-2-12-9(8(11)13-6)14-3-5(4-15)1-7(14)16/h2,5,15H,1,3-4H2. The van der Waals surface area contributed by atoms with Crippen LogP contribution in [0.4, 0.5) is 5.82 Å². The summed E-state index contributed by atoms with van der Waals surface area (Å²) in [6.07, 6.45) is 1.90. The van der Waals surface area contributed by atoms with E-state index < -0.39 is 0 Å². The van der Waals surface area contributed by atoms with Gasteiger partial charge < -0.3 is 5.11 Å². The molecule has 86 valence electrons. The molecule has 1 unspecified atom stereocenters. The lowest BCUT2D eigenvalue weighted by Crippen LogP contribution is -2.26. The molecule has 16 heavy (non-hydrogen) atoms. The molecule has 0 bridgehead atoms. The largest absolute Gasteiger partial charge is 0.396 e. The molecule has 0 aliphatic carbocycles. The van der Waals surface area contributed by atoms with Crippen LogP contribution in [-0.4, -0.2) is 34.1 Å². The van der Waals surface area contributed by atoms with Crippen LogP contribution in [0.5, 0.6) is 0 Å². The van der Waals surface area contributed by atoms with Crippen LogP contribution in [0, 0.1) is 5.92 Å². The fourth-order valence-electron chi connectivity index (χ4n) is 1.63. The van der Waals surface area contributed by atoms with Crippen molar-refractivity contribution in [3.05, 3.63) is 15.4 Å². The number of carbonyl (C=O) groups is 1. The van der Waals surface area contributed by atoms with Crippen molar-refractivity contribution in [3.8, 4) is 0 Å². The van der Waals surface area contributed by atoms with Gasteiger partial charge in [-0.1, -0.05) is 0 Å². The lowest BCUT2D eigenvalue weighted by atomic mass is 10.1. The molecule has 1 saturated heterocycles.